The average Bonchev–Trinajstić information content (AvgIpc) is 3.18. The molecule has 47 heavy (non-hydrogen) atoms. The molecule has 0 unspecified atom stereocenters. The van der Waals surface area contributed by atoms with Crippen molar-refractivity contribution in [1.82, 2.24) is 0 Å². The summed E-state index contributed by atoms with van der Waals surface area (Å²) < 4.78 is 24.9. The van der Waals surface area contributed by atoms with Gasteiger partial charge in [0.25, 0.3) is 0 Å². The van der Waals surface area contributed by atoms with E-state index in [0.29, 0.717) is 0 Å². The Morgan fingerprint density at radius 2 is 0.447 bits per heavy atom. The molecule has 228 valence electrons. The maximum absolute atomic E-state index is 8.10. The zero-order valence-corrected chi connectivity index (χ0v) is 32.7. The van der Waals surface area contributed by atoms with E-state index in [2.05, 4.69) is 212 Å². The van der Waals surface area contributed by atoms with Gasteiger partial charge in [-0.05, 0) is 0 Å². The SMILES string of the molecule is c1cc[c]([Sb]([O][Ge]([c]2ccccc2)([c]2ccccc2)[c]2ccccc2)[O][Ge]([c]2ccccc2)([c]2ccccc2)[c]2ccccc2)cc1. The van der Waals surface area contributed by atoms with Crippen LogP contribution >= 0.6 is 0 Å². The summed E-state index contributed by atoms with van der Waals surface area (Å²) in [5.74, 6) is 0. The predicted molar refractivity (Wildman–Crippen MR) is 202 cm³/mol. The van der Waals surface area contributed by atoms with E-state index in [-0.39, 0.29) is 0 Å². The number of rotatable bonds is 11. The van der Waals surface area contributed by atoms with Crippen LogP contribution in [0.1, 0.15) is 0 Å². The van der Waals surface area contributed by atoms with E-state index in [0.717, 1.165) is 0 Å². The fourth-order valence-corrected chi connectivity index (χ4v) is 46.0. The van der Waals surface area contributed by atoms with Crippen molar-refractivity contribution in [3.8, 4) is 0 Å². The minimum atomic E-state index is -3.85. The first-order chi connectivity index (χ1) is 23.3. The second-order valence-corrected chi connectivity index (χ2v) is 33.4. The molecule has 7 rings (SSSR count). The summed E-state index contributed by atoms with van der Waals surface area (Å²) in [5, 5.41) is 0. The number of hydrogen-bond donors (Lipinski definition) is 0. The van der Waals surface area contributed by atoms with Gasteiger partial charge >= 0.3 is 295 Å². The molecule has 0 saturated heterocycles. The van der Waals surface area contributed by atoms with Gasteiger partial charge in [-0.1, -0.05) is 0 Å². The van der Waals surface area contributed by atoms with Crippen LogP contribution in [0.4, 0.5) is 0 Å². The maximum atomic E-state index is 8.10. The van der Waals surface area contributed by atoms with Gasteiger partial charge in [-0.2, -0.15) is 0 Å². The first-order valence-electron chi connectivity index (χ1n) is 15.9. The third-order valence-electron chi connectivity index (χ3n) is 8.49. The zero-order chi connectivity index (χ0) is 31.8. The van der Waals surface area contributed by atoms with Gasteiger partial charge in [0.2, 0.25) is 0 Å². The van der Waals surface area contributed by atoms with Crippen LogP contribution in [0.25, 0.3) is 0 Å². The van der Waals surface area contributed by atoms with Crippen LogP contribution in [0.3, 0.4) is 0 Å². The van der Waals surface area contributed by atoms with Gasteiger partial charge in [0.05, 0.1) is 0 Å². The summed E-state index contributed by atoms with van der Waals surface area (Å²) in [6, 6.07) is 76.4. The Morgan fingerprint density at radius 3 is 0.660 bits per heavy atom. The van der Waals surface area contributed by atoms with Crippen LogP contribution in [-0.2, 0) is 4.08 Å². The molecule has 0 fully saturated rings. The van der Waals surface area contributed by atoms with Crippen molar-refractivity contribution in [1.29, 1.82) is 0 Å². The van der Waals surface area contributed by atoms with Gasteiger partial charge in [0, 0.05) is 0 Å². The Hall–Kier alpha value is -3.64. The zero-order valence-electron chi connectivity index (χ0n) is 26.0. The Kier molecular flexibility index (Phi) is 10.2. The molecule has 0 spiro atoms. The van der Waals surface area contributed by atoms with E-state index in [9.17, 15) is 0 Å². The first kappa shape index (κ1) is 31.9. The summed E-state index contributed by atoms with van der Waals surface area (Å²) >= 11 is -11.0. The molecule has 0 atom stereocenters. The molecule has 5 heteroatoms. The fourth-order valence-electron chi connectivity index (χ4n) is 6.28. The van der Waals surface area contributed by atoms with Crippen LogP contribution in [0.15, 0.2) is 212 Å². The summed E-state index contributed by atoms with van der Waals surface area (Å²) in [6.45, 7) is 0. The standard InChI is InChI=1S/2C18H15GeO.C6H5.Sb/c2*20-19(16-10-4-1-5-11-16,17-12-6-2-7-13-17)18-14-8-3-9-15-18;1-2-4-6-5-3-1;/h2*1-15H;1-5H;/q2*-1;;+2. The molecule has 7 aromatic rings. The summed E-state index contributed by atoms with van der Waals surface area (Å²) in [5.41, 5.74) is 0. The molecular weight excluding hydrogens is 803 g/mol. The Bertz CT molecular complexity index is 1640. The van der Waals surface area contributed by atoms with Crippen molar-refractivity contribution < 1.29 is 4.08 Å². The molecule has 0 amide bonds. The average molecular weight is 839 g/mol. The Labute approximate surface area is 292 Å². The first-order valence-corrected chi connectivity index (χ1v) is 27.2. The molecule has 0 saturated carbocycles. The molecule has 0 heterocycles. The van der Waals surface area contributed by atoms with E-state index in [4.69, 9.17) is 4.08 Å². The Morgan fingerprint density at radius 1 is 0.255 bits per heavy atom. The van der Waals surface area contributed by atoms with E-state index >= 15 is 0 Å². The van der Waals surface area contributed by atoms with Crippen LogP contribution < -0.4 is 29.9 Å². The van der Waals surface area contributed by atoms with Gasteiger partial charge < -0.3 is 0 Å². The third-order valence-corrected chi connectivity index (χ3v) is 39.9. The van der Waals surface area contributed by atoms with Crippen LogP contribution in [0, 0.1) is 0 Å². The van der Waals surface area contributed by atoms with E-state index < -0.39 is 48.3 Å². The van der Waals surface area contributed by atoms with Crippen molar-refractivity contribution in [2.45, 2.75) is 0 Å². The van der Waals surface area contributed by atoms with Crippen molar-refractivity contribution >= 4 is 78.1 Å². The predicted octanol–water partition coefficient (Wildman–Crippen LogP) is 4.75. The van der Waals surface area contributed by atoms with Crippen molar-refractivity contribution in [3.63, 3.8) is 0 Å². The molecule has 0 aliphatic rings. The molecule has 0 aliphatic heterocycles. The van der Waals surface area contributed by atoms with Crippen LogP contribution in [0.5, 0.6) is 0 Å². The molecule has 0 bridgehead atoms. The van der Waals surface area contributed by atoms with Crippen molar-refractivity contribution in [2.75, 3.05) is 0 Å². The van der Waals surface area contributed by atoms with Crippen molar-refractivity contribution in [3.05, 3.63) is 212 Å². The summed E-state index contributed by atoms with van der Waals surface area (Å²) in [6.07, 6.45) is 0. The number of hydrogen-bond acceptors (Lipinski definition) is 2. The third kappa shape index (κ3) is 6.59. The van der Waals surface area contributed by atoms with Gasteiger partial charge in [0.15, 0.2) is 0 Å². The van der Waals surface area contributed by atoms with Crippen molar-refractivity contribution in [2.24, 2.45) is 0 Å². The molecule has 0 radical (unpaired) electrons. The number of benzene rings is 7. The fraction of sp³-hybridized carbons (Fsp3) is 0. The summed E-state index contributed by atoms with van der Waals surface area (Å²) in [7, 11) is 0. The second-order valence-electron chi connectivity index (χ2n) is 11.3. The second kappa shape index (κ2) is 15.1. The monoisotopic (exact) mass is 840 g/mol. The quantitative estimate of drug-likeness (QED) is 0.176. The minimum absolute atomic E-state index is 1.19. The normalized spacial score (nSPS) is 11.8. The molecule has 7 aromatic carbocycles. The van der Waals surface area contributed by atoms with Gasteiger partial charge in [-0.15, -0.1) is 0 Å². The van der Waals surface area contributed by atoms with E-state index in [1.165, 1.54) is 29.9 Å². The van der Waals surface area contributed by atoms with E-state index in [1.54, 1.807) is 0 Å². The molecule has 0 aromatic heterocycles. The van der Waals surface area contributed by atoms with Crippen LogP contribution in [-0.4, -0.2) is 48.3 Å². The Balaban J connectivity index is 1.51. The van der Waals surface area contributed by atoms with Gasteiger partial charge in [-0.3, -0.25) is 0 Å². The summed E-state index contributed by atoms with van der Waals surface area (Å²) in [4.78, 5) is 0. The van der Waals surface area contributed by atoms with E-state index in [1.807, 2.05) is 0 Å². The van der Waals surface area contributed by atoms with Gasteiger partial charge in [0.1, 0.15) is 0 Å². The van der Waals surface area contributed by atoms with Crippen LogP contribution in [0.2, 0.25) is 0 Å². The van der Waals surface area contributed by atoms with Gasteiger partial charge in [-0.25, -0.2) is 0 Å². The molecule has 2 nitrogen and oxygen atoms in total. The molecule has 0 N–H and O–H groups in total. The topological polar surface area (TPSA) is 18.5 Å². The molecular formula is C42H35Ge2O2Sb. The molecule has 0 aliphatic carbocycles.